The second kappa shape index (κ2) is 9.34. The first kappa shape index (κ1) is 23.8. The van der Waals surface area contributed by atoms with Gasteiger partial charge in [0.05, 0.1) is 0 Å². The van der Waals surface area contributed by atoms with E-state index in [2.05, 4.69) is 15.5 Å². The molecule has 172 valence electrons. The average molecular weight is 504 g/mol. The molecule has 0 bridgehead atoms. The number of carboxylic acids is 2. The lowest BCUT2D eigenvalue weighted by Crippen LogP contribution is -2.71. The van der Waals surface area contributed by atoms with Crippen LogP contribution in [0.4, 0.5) is 5.13 Å². The van der Waals surface area contributed by atoms with E-state index >= 15 is 0 Å². The molecule has 3 rings (SSSR count). The standard InChI is InChI=1S/C17H18ClN5O7S2/c1-3-6-4-31-14-9(13(25)23(14)10(6)16(28)29)20-12(24)8(22-30-5(2)15(26)27)7-11(18)32-17(19)21-7/h5,9,14H,3-4H2,1-2H3,(H2,19,21)(H,20,24)(H,26,27)(H,28,29)/b22-8-/t5-,9+,14?/m0/s1. The second-order valence-electron chi connectivity index (χ2n) is 6.67. The molecule has 5 N–H and O–H groups in total. The number of carbonyl (C=O) groups is 4. The number of fused-ring (bicyclic) bond motifs is 1. The van der Waals surface area contributed by atoms with E-state index in [4.69, 9.17) is 27.3 Å². The van der Waals surface area contributed by atoms with E-state index in [0.29, 0.717) is 17.7 Å². The Balaban J connectivity index is 1.85. The summed E-state index contributed by atoms with van der Waals surface area (Å²) in [4.78, 5) is 58.2. The summed E-state index contributed by atoms with van der Waals surface area (Å²) in [6, 6.07) is -1.03. The van der Waals surface area contributed by atoms with Crippen LogP contribution in [-0.2, 0) is 24.0 Å². The van der Waals surface area contributed by atoms with Crippen LogP contribution in [0, 0.1) is 0 Å². The fourth-order valence-electron chi connectivity index (χ4n) is 3.00. The van der Waals surface area contributed by atoms with Gasteiger partial charge in [0.15, 0.2) is 10.8 Å². The summed E-state index contributed by atoms with van der Waals surface area (Å²) in [7, 11) is 0. The van der Waals surface area contributed by atoms with Crippen molar-refractivity contribution in [1.82, 2.24) is 15.2 Å². The molecule has 0 aromatic carbocycles. The number of nitrogen functional groups attached to an aromatic ring is 1. The zero-order chi connectivity index (χ0) is 23.7. The van der Waals surface area contributed by atoms with Crippen LogP contribution in [0.25, 0.3) is 0 Å². The van der Waals surface area contributed by atoms with Gasteiger partial charge in [-0.1, -0.05) is 35.0 Å². The van der Waals surface area contributed by atoms with E-state index in [0.717, 1.165) is 16.2 Å². The summed E-state index contributed by atoms with van der Waals surface area (Å²) in [5.41, 5.74) is 5.56. The average Bonchev–Trinajstić information content (AvgIpc) is 3.07. The molecule has 15 heteroatoms. The molecule has 12 nitrogen and oxygen atoms in total. The Bertz CT molecular complexity index is 1060. The van der Waals surface area contributed by atoms with E-state index in [1.54, 1.807) is 6.92 Å². The summed E-state index contributed by atoms with van der Waals surface area (Å²) < 4.78 is 0.0141. The number of aromatic nitrogens is 1. The van der Waals surface area contributed by atoms with Gasteiger partial charge in [0.2, 0.25) is 6.10 Å². The van der Waals surface area contributed by atoms with Crippen LogP contribution in [-0.4, -0.2) is 72.8 Å². The number of anilines is 1. The maximum absolute atomic E-state index is 12.9. The molecule has 1 fully saturated rings. The SMILES string of the molecule is CCC1=C(C(=O)O)N2C(=O)[C@@H](NC(=O)/C(=N\O[C@@H](C)C(=O)O)c3nc(N)sc3Cl)C2SC1. The summed E-state index contributed by atoms with van der Waals surface area (Å²) in [6.45, 7) is 3.00. The first-order valence-electron chi connectivity index (χ1n) is 9.16. The van der Waals surface area contributed by atoms with Crippen molar-refractivity contribution >= 4 is 69.3 Å². The summed E-state index contributed by atoms with van der Waals surface area (Å²) in [5, 5.41) is 24.0. The van der Waals surface area contributed by atoms with Crippen molar-refractivity contribution in [3.05, 3.63) is 21.3 Å². The third-order valence-electron chi connectivity index (χ3n) is 4.65. The molecule has 0 saturated carbocycles. The van der Waals surface area contributed by atoms with Crippen LogP contribution in [0.5, 0.6) is 0 Å². The molecule has 3 heterocycles. The van der Waals surface area contributed by atoms with Crippen LogP contribution in [0.3, 0.4) is 0 Å². The first-order valence-corrected chi connectivity index (χ1v) is 11.4. The lowest BCUT2D eigenvalue weighted by Gasteiger charge is -2.49. The molecular weight excluding hydrogens is 486 g/mol. The fraction of sp³-hybridized carbons (Fsp3) is 0.412. The molecule has 2 aliphatic rings. The molecular formula is C17H18ClN5O7S2. The summed E-state index contributed by atoms with van der Waals surface area (Å²) in [5.74, 6) is -3.64. The van der Waals surface area contributed by atoms with Gasteiger partial charge in [-0.2, -0.15) is 0 Å². The van der Waals surface area contributed by atoms with Crippen LogP contribution in [0.2, 0.25) is 4.34 Å². The van der Waals surface area contributed by atoms with Crippen molar-refractivity contribution < 1.29 is 34.2 Å². The number of nitrogens with one attached hydrogen (secondary N) is 1. The number of thiazole rings is 1. The van der Waals surface area contributed by atoms with E-state index < -0.39 is 47.0 Å². The predicted octanol–water partition coefficient (Wildman–Crippen LogP) is 0.721. The first-order chi connectivity index (χ1) is 15.1. The van der Waals surface area contributed by atoms with Gasteiger partial charge in [-0.25, -0.2) is 14.6 Å². The second-order valence-corrected chi connectivity index (χ2v) is 9.41. The third kappa shape index (κ3) is 4.38. The number of nitrogens with two attached hydrogens (primary N) is 1. The minimum absolute atomic E-state index is 0.0141. The number of β-lactam (4-membered cyclic amide) rings is 1. The quantitative estimate of drug-likeness (QED) is 0.224. The Morgan fingerprint density at radius 3 is 2.66 bits per heavy atom. The van der Waals surface area contributed by atoms with Crippen molar-refractivity contribution in [3.8, 4) is 0 Å². The zero-order valence-electron chi connectivity index (χ0n) is 16.7. The van der Waals surface area contributed by atoms with Gasteiger partial charge < -0.3 is 26.1 Å². The highest BCUT2D eigenvalue weighted by Gasteiger charge is 2.54. The van der Waals surface area contributed by atoms with E-state index in [1.807, 2.05) is 0 Å². The number of hydrogen-bond acceptors (Lipinski definition) is 10. The third-order valence-corrected chi connectivity index (χ3v) is 7.08. The van der Waals surface area contributed by atoms with Crippen molar-refractivity contribution in [2.75, 3.05) is 11.5 Å². The Morgan fingerprint density at radius 1 is 1.44 bits per heavy atom. The number of halogens is 1. The van der Waals surface area contributed by atoms with Crippen molar-refractivity contribution in [3.63, 3.8) is 0 Å². The minimum atomic E-state index is -1.38. The maximum Gasteiger partial charge on any atom is 0.352 e. The van der Waals surface area contributed by atoms with Gasteiger partial charge in [-0.15, -0.1) is 11.8 Å². The number of oxime groups is 1. The van der Waals surface area contributed by atoms with Crippen molar-refractivity contribution in [2.24, 2.45) is 5.16 Å². The molecule has 3 atom stereocenters. The van der Waals surface area contributed by atoms with E-state index in [1.165, 1.54) is 18.7 Å². The van der Waals surface area contributed by atoms with E-state index in [9.17, 15) is 24.3 Å². The number of rotatable bonds is 8. The number of carbonyl (C=O) groups excluding carboxylic acids is 2. The van der Waals surface area contributed by atoms with Crippen LogP contribution in [0.15, 0.2) is 16.4 Å². The smallest absolute Gasteiger partial charge is 0.352 e. The predicted molar refractivity (Wildman–Crippen MR) is 116 cm³/mol. The number of carboxylic acid groups (broad SMARTS) is 2. The molecule has 0 radical (unpaired) electrons. The van der Waals surface area contributed by atoms with Crippen LogP contribution >= 0.6 is 34.7 Å². The molecule has 0 aliphatic carbocycles. The molecule has 2 aliphatic heterocycles. The number of aliphatic carboxylic acids is 2. The van der Waals surface area contributed by atoms with Gasteiger partial charge in [0.1, 0.15) is 27.1 Å². The monoisotopic (exact) mass is 503 g/mol. The number of nitrogens with zero attached hydrogens (tertiary/aromatic N) is 3. The van der Waals surface area contributed by atoms with Gasteiger partial charge in [0, 0.05) is 5.75 Å². The largest absolute Gasteiger partial charge is 0.478 e. The molecule has 1 saturated heterocycles. The summed E-state index contributed by atoms with van der Waals surface area (Å²) >= 11 is 8.25. The summed E-state index contributed by atoms with van der Waals surface area (Å²) in [6.07, 6.45) is -0.903. The Kier molecular flexibility index (Phi) is 6.95. The molecule has 1 aromatic rings. The molecule has 1 unspecified atom stereocenters. The number of hydrogen-bond donors (Lipinski definition) is 4. The highest BCUT2D eigenvalue weighted by molar-refractivity contribution is 8.00. The van der Waals surface area contributed by atoms with Gasteiger partial charge in [0.25, 0.3) is 11.8 Å². The van der Waals surface area contributed by atoms with Gasteiger partial charge in [-0.3, -0.25) is 14.5 Å². The molecule has 32 heavy (non-hydrogen) atoms. The maximum atomic E-state index is 12.9. The topological polar surface area (TPSA) is 185 Å². The fourth-order valence-corrected chi connectivity index (χ4v) is 5.37. The van der Waals surface area contributed by atoms with Gasteiger partial charge >= 0.3 is 11.9 Å². The molecule has 2 amide bonds. The number of amides is 2. The van der Waals surface area contributed by atoms with Gasteiger partial charge in [-0.05, 0) is 18.9 Å². The molecule has 1 aromatic heterocycles. The zero-order valence-corrected chi connectivity index (χ0v) is 19.1. The van der Waals surface area contributed by atoms with Crippen LogP contribution in [0.1, 0.15) is 26.0 Å². The normalized spacial score (nSPS) is 21.5. The van der Waals surface area contributed by atoms with Crippen molar-refractivity contribution in [2.45, 2.75) is 37.8 Å². The van der Waals surface area contributed by atoms with E-state index in [-0.39, 0.29) is 20.9 Å². The highest BCUT2D eigenvalue weighted by atomic mass is 35.5. The van der Waals surface area contributed by atoms with Crippen molar-refractivity contribution in [1.29, 1.82) is 0 Å². The minimum Gasteiger partial charge on any atom is -0.478 e. The number of thioether (sulfide) groups is 1. The van der Waals surface area contributed by atoms with Crippen LogP contribution < -0.4 is 11.1 Å². The Hall–Kier alpha value is -2.84. The Labute approximate surface area is 194 Å². The lowest BCUT2D eigenvalue weighted by molar-refractivity contribution is -0.150. The highest BCUT2D eigenvalue weighted by Crippen LogP contribution is 2.41. The Morgan fingerprint density at radius 2 is 2.12 bits per heavy atom. The lowest BCUT2D eigenvalue weighted by atomic mass is 10.0. The molecule has 0 spiro atoms.